The molecule has 1 aromatic rings. The molecule has 0 unspecified atom stereocenters. The molecule has 0 aliphatic carbocycles. The Kier molecular flexibility index (Phi) is 10.7. The van der Waals surface area contributed by atoms with Gasteiger partial charge in [-0.3, -0.25) is 29.3 Å². The molecule has 1 saturated heterocycles. The number of hydrogen-bond donors (Lipinski definition) is 5. The number of nitrogens with zero attached hydrogens (tertiary/aromatic N) is 5. The average Bonchev–Trinajstić information content (AvgIpc) is 3.31. The van der Waals surface area contributed by atoms with Gasteiger partial charge in [-0.1, -0.05) is 0 Å². The predicted octanol–water partition coefficient (Wildman–Crippen LogP) is -1.94. The summed E-state index contributed by atoms with van der Waals surface area (Å²) in [5.41, 5.74) is 21.4. The summed E-state index contributed by atoms with van der Waals surface area (Å²) in [5, 5.41) is 4.77. The van der Waals surface area contributed by atoms with E-state index in [-0.39, 0.29) is 36.2 Å². The number of ketones is 1. The van der Waals surface area contributed by atoms with Crippen LogP contribution >= 0.6 is 11.3 Å². The summed E-state index contributed by atoms with van der Waals surface area (Å²) in [7, 11) is 1.87. The number of hydrogen-bond acceptors (Lipinski definition) is 8. The number of carbonyl (C=O) groups excluding carboxylic acids is 3. The van der Waals surface area contributed by atoms with Crippen LogP contribution in [0.2, 0.25) is 0 Å². The number of thiazole rings is 1. The normalized spacial score (nSPS) is 17.1. The first-order chi connectivity index (χ1) is 16.2. The molecule has 1 fully saturated rings. The van der Waals surface area contributed by atoms with Gasteiger partial charge in [0.1, 0.15) is 0 Å². The van der Waals surface area contributed by atoms with Gasteiger partial charge in [-0.25, -0.2) is 4.98 Å². The number of piperazine rings is 1. The second-order valence-corrected chi connectivity index (χ2v) is 8.87. The highest BCUT2D eigenvalue weighted by Crippen LogP contribution is 2.15. The molecule has 1 aromatic heterocycles. The first-order valence-electron chi connectivity index (χ1n) is 11.0. The van der Waals surface area contributed by atoms with E-state index < -0.39 is 11.9 Å². The Labute approximate surface area is 202 Å². The second kappa shape index (κ2) is 13.4. The lowest BCUT2D eigenvalue weighted by atomic mass is 10.1. The summed E-state index contributed by atoms with van der Waals surface area (Å²) in [4.78, 5) is 54.0. The van der Waals surface area contributed by atoms with E-state index >= 15 is 0 Å². The third kappa shape index (κ3) is 8.59. The van der Waals surface area contributed by atoms with Crippen LogP contribution in [0.4, 0.5) is 0 Å². The predicted molar refractivity (Wildman–Crippen MR) is 131 cm³/mol. The third-order valence-electron chi connectivity index (χ3n) is 5.36. The molecule has 13 nitrogen and oxygen atoms in total. The molecule has 2 amide bonds. The molecule has 0 radical (unpaired) electrons. The van der Waals surface area contributed by atoms with Crippen molar-refractivity contribution in [3.05, 3.63) is 16.6 Å². The zero-order valence-corrected chi connectivity index (χ0v) is 20.2. The molecule has 0 spiro atoms. The second-order valence-electron chi connectivity index (χ2n) is 7.98. The van der Waals surface area contributed by atoms with Crippen LogP contribution in [0.3, 0.4) is 0 Å². The van der Waals surface area contributed by atoms with Gasteiger partial charge in [0, 0.05) is 37.8 Å². The van der Waals surface area contributed by atoms with Gasteiger partial charge in [0.2, 0.25) is 17.6 Å². The van der Waals surface area contributed by atoms with Crippen molar-refractivity contribution < 1.29 is 14.4 Å². The summed E-state index contributed by atoms with van der Waals surface area (Å²) >= 11 is 1.20. The van der Waals surface area contributed by atoms with E-state index in [1.165, 1.54) is 22.4 Å². The lowest BCUT2D eigenvalue weighted by molar-refractivity contribution is -0.144. The number of Topliss-reactive ketones (excluding diaryl/α,β-unsaturated/α-hetero) is 1. The van der Waals surface area contributed by atoms with E-state index in [1.807, 2.05) is 11.9 Å². The van der Waals surface area contributed by atoms with Gasteiger partial charge >= 0.3 is 0 Å². The molecule has 0 aromatic carbocycles. The van der Waals surface area contributed by atoms with Gasteiger partial charge in [-0.15, -0.1) is 11.3 Å². The maximum Gasteiger partial charge on any atom is 0.240 e. The van der Waals surface area contributed by atoms with Crippen molar-refractivity contribution in [1.82, 2.24) is 20.1 Å². The lowest BCUT2D eigenvalue weighted by Gasteiger charge is -2.38. The number of nitrogens with two attached hydrogens (primary N) is 4. The number of aliphatic imine (C=N–C) groups is 2. The average molecular weight is 495 g/mol. The minimum absolute atomic E-state index is 0.0155. The Hall–Kier alpha value is -3.26. The Balaban J connectivity index is 1.96. The molecule has 0 bridgehead atoms. The van der Waals surface area contributed by atoms with E-state index in [1.54, 1.807) is 5.38 Å². The van der Waals surface area contributed by atoms with Gasteiger partial charge in [0.25, 0.3) is 0 Å². The number of likely N-dealkylation sites (N-methyl/N-ethyl adjacent to an activating group) is 1. The van der Waals surface area contributed by atoms with Gasteiger partial charge in [0.05, 0.1) is 18.6 Å². The van der Waals surface area contributed by atoms with E-state index in [9.17, 15) is 14.4 Å². The van der Waals surface area contributed by atoms with Crippen molar-refractivity contribution in [3.8, 4) is 0 Å². The van der Waals surface area contributed by atoms with Crippen molar-refractivity contribution in [2.75, 3.05) is 39.8 Å². The molecule has 2 heterocycles. The molecule has 188 valence electrons. The molecule has 14 heteroatoms. The number of rotatable bonds is 13. The van der Waals surface area contributed by atoms with Crippen molar-refractivity contribution in [3.63, 3.8) is 0 Å². The topological polar surface area (TPSA) is 211 Å². The first kappa shape index (κ1) is 27.0. The molecular weight excluding hydrogens is 460 g/mol. The van der Waals surface area contributed by atoms with Crippen LogP contribution < -0.4 is 28.3 Å². The number of nitrogens with one attached hydrogen (secondary N) is 1. The molecule has 1 aliphatic rings. The van der Waals surface area contributed by atoms with Crippen LogP contribution in [0.15, 0.2) is 21.6 Å². The van der Waals surface area contributed by atoms with Crippen LogP contribution in [0.1, 0.15) is 35.5 Å². The van der Waals surface area contributed by atoms with Gasteiger partial charge in [-0.05, 0) is 32.7 Å². The van der Waals surface area contributed by atoms with Crippen LogP contribution in [0, 0.1) is 0 Å². The fraction of sp³-hybridized carbons (Fsp3) is 0.600. The van der Waals surface area contributed by atoms with Crippen molar-refractivity contribution >= 4 is 40.9 Å². The maximum atomic E-state index is 13.0. The van der Waals surface area contributed by atoms with Crippen LogP contribution in [-0.2, 0) is 9.59 Å². The Morgan fingerprint density at radius 1 is 1.18 bits per heavy atom. The first-order valence-corrected chi connectivity index (χ1v) is 11.9. The smallest absolute Gasteiger partial charge is 0.240 e. The van der Waals surface area contributed by atoms with Crippen molar-refractivity contribution in [1.29, 1.82) is 0 Å². The highest BCUT2D eigenvalue weighted by Gasteiger charge is 2.33. The summed E-state index contributed by atoms with van der Waals surface area (Å²) in [6.07, 6.45) is 3.57. The molecule has 0 saturated carbocycles. The Morgan fingerprint density at radius 3 is 2.47 bits per heavy atom. The number of carbonyl (C=O) groups is 3. The summed E-state index contributed by atoms with van der Waals surface area (Å²) in [5.74, 6) is -0.844. The van der Waals surface area contributed by atoms with Crippen LogP contribution in [0.5, 0.6) is 0 Å². The highest BCUT2D eigenvalue weighted by molar-refractivity contribution is 7.11. The van der Waals surface area contributed by atoms with E-state index in [0.29, 0.717) is 56.9 Å². The van der Waals surface area contributed by atoms with Crippen LogP contribution in [0.25, 0.3) is 0 Å². The molecule has 2 rings (SSSR count). The molecule has 2 atom stereocenters. The minimum Gasteiger partial charge on any atom is -0.370 e. The molecule has 9 N–H and O–H groups in total. The van der Waals surface area contributed by atoms with Gasteiger partial charge in [0.15, 0.2) is 16.9 Å². The van der Waals surface area contributed by atoms with E-state index in [4.69, 9.17) is 22.9 Å². The van der Waals surface area contributed by atoms with E-state index in [0.717, 1.165) is 0 Å². The van der Waals surface area contributed by atoms with Crippen LogP contribution in [-0.4, -0.2) is 96.2 Å². The Morgan fingerprint density at radius 2 is 1.85 bits per heavy atom. The summed E-state index contributed by atoms with van der Waals surface area (Å²) < 4.78 is 0. The summed E-state index contributed by atoms with van der Waals surface area (Å²) in [6.45, 7) is 1.68. The fourth-order valence-corrected chi connectivity index (χ4v) is 4.25. The fourth-order valence-electron chi connectivity index (χ4n) is 3.62. The Bertz CT molecular complexity index is 881. The van der Waals surface area contributed by atoms with Gasteiger partial charge < -0.3 is 33.2 Å². The minimum atomic E-state index is -0.786. The SMILES string of the molecule is CN1CCN(CC(=O)N[C@@H](CCCN=C(N)N)C(=O)c2nccs2)C(=O)[C@@H]1CCCN=C(N)N. The maximum absolute atomic E-state index is 13.0. The quantitative estimate of drug-likeness (QED) is 0.0891. The molecule has 1 aliphatic heterocycles. The lowest BCUT2D eigenvalue weighted by Crippen LogP contribution is -2.58. The number of amides is 2. The zero-order chi connectivity index (χ0) is 25.1. The van der Waals surface area contributed by atoms with E-state index in [2.05, 4.69) is 20.3 Å². The van der Waals surface area contributed by atoms with Crippen molar-refractivity contribution in [2.45, 2.75) is 37.8 Å². The number of guanidine groups is 2. The molecular formula is C20H34N10O3S. The monoisotopic (exact) mass is 494 g/mol. The summed E-state index contributed by atoms with van der Waals surface area (Å²) in [6, 6.07) is -1.14. The highest BCUT2D eigenvalue weighted by atomic mass is 32.1. The largest absolute Gasteiger partial charge is 0.370 e. The van der Waals surface area contributed by atoms with Crippen molar-refractivity contribution in [2.24, 2.45) is 32.9 Å². The zero-order valence-electron chi connectivity index (χ0n) is 19.4. The number of aromatic nitrogens is 1. The third-order valence-corrected chi connectivity index (χ3v) is 6.14. The van der Waals surface area contributed by atoms with Gasteiger partial charge in [-0.2, -0.15) is 0 Å². The standard InChI is InChI=1S/C20H34N10O3S/c1-29-9-10-30(18(33)14(29)5-3-7-27-20(23)24)12-15(31)28-13(4-2-6-26-19(21)22)16(32)17-25-8-11-34-17/h8,11,13-14H,2-7,9-10,12H2,1H3,(H,28,31)(H4,21,22,26)(H4,23,24,27)/t13-,14-/m0/s1. The molecule has 34 heavy (non-hydrogen) atoms.